The third-order valence-corrected chi connectivity index (χ3v) is 7.94. The number of anilines is 2. The second-order valence-corrected chi connectivity index (χ2v) is 9.98. The minimum Gasteiger partial charge on any atom is -0.385 e. The van der Waals surface area contributed by atoms with E-state index in [1.807, 2.05) is 0 Å². The first kappa shape index (κ1) is 20.8. The summed E-state index contributed by atoms with van der Waals surface area (Å²) in [6.07, 6.45) is 8.35. The van der Waals surface area contributed by atoms with Crippen molar-refractivity contribution in [1.82, 2.24) is 5.32 Å². The highest BCUT2D eigenvalue weighted by Gasteiger charge is 2.20. The molecule has 0 aromatic heterocycles. The van der Waals surface area contributed by atoms with Crippen LogP contribution in [0, 0.1) is 0 Å². The topological polar surface area (TPSA) is 27.3 Å². The van der Waals surface area contributed by atoms with Crippen molar-refractivity contribution in [1.29, 1.82) is 0 Å². The van der Waals surface area contributed by atoms with Crippen LogP contribution in [0.4, 0.5) is 11.4 Å². The summed E-state index contributed by atoms with van der Waals surface area (Å²) in [6, 6.07) is 23.7. The number of fused-ring (bicyclic) bond motifs is 3. The van der Waals surface area contributed by atoms with Gasteiger partial charge in [0, 0.05) is 43.6 Å². The third kappa shape index (κ3) is 4.39. The van der Waals surface area contributed by atoms with Gasteiger partial charge in [-0.1, -0.05) is 42.5 Å². The van der Waals surface area contributed by atoms with E-state index in [-0.39, 0.29) is 0 Å². The molecule has 3 heterocycles. The predicted molar refractivity (Wildman–Crippen MR) is 138 cm³/mol. The fourth-order valence-corrected chi connectivity index (χ4v) is 5.92. The van der Waals surface area contributed by atoms with Gasteiger partial charge >= 0.3 is 0 Å². The quantitative estimate of drug-likeness (QED) is 0.529. The normalized spacial score (nSPS) is 20.4. The second-order valence-electron chi connectivity index (χ2n) is 9.98. The largest absolute Gasteiger partial charge is 0.385 e. The molecule has 3 nitrogen and oxygen atoms in total. The Balaban J connectivity index is 1.17. The lowest BCUT2D eigenvalue weighted by Crippen LogP contribution is -2.26. The summed E-state index contributed by atoms with van der Waals surface area (Å²) in [5, 5.41) is 7.55. The lowest BCUT2D eigenvalue weighted by molar-refractivity contribution is 0.518. The number of nitrogens with one attached hydrogen (secondary N) is 2. The van der Waals surface area contributed by atoms with Crippen LogP contribution in [0.2, 0.25) is 0 Å². The Labute approximate surface area is 198 Å². The molecule has 0 radical (unpaired) electrons. The molecule has 0 bridgehead atoms. The SMILES string of the molecule is c1ccc2c(c1)CCN(c1ccc3c(c1)CNC(c1ccc4c(c1)NCCCC4)CC3)CC2. The standard InChI is InChI=1S/C30H35N3/c1-2-6-23-15-18-33(17-14-22(23)5-1)28-12-10-24-11-13-29(32-21-27(24)19-28)26-9-8-25-7-3-4-16-31-30(25)20-26/h1-2,5-6,8-10,12,19-20,29,31-32H,3-4,7,11,13-18,21H2. The first-order chi connectivity index (χ1) is 16.3. The zero-order valence-corrected chi connectivity index (χ0v) is 19.6. The Hall–Kier alpha value is -2.78. The maximum atomic E-state index is 3.89. The Morgan fingerprint density at radius 1 is 0.697 bits per heavy atom. The number of benzene rings is 3. The van der Waals surface area contributed by atoms with E-state index in [0.29, 0.717) is 6.04 Å². The molecule has 0 aliphatic carbocycles. The minimum absolute atomic E-state index is 0.420. The molecule has 3 aromatic carbocycles. The molecule has 1 atom stereocenters. The Bertz CT molecular complexity index is 1110. The second kappa shape index (κ2) is 9.23. The maximum Gasteiger partial charge on any atom is 0.0376 e. The van der Waals surface area contributed by atoms with Gasteiger partial charge in [-0.05, 0) is 96.5 Å². The van der Waals surface area contributed by atoms with Crippen LogP contribution in [0.15, 0.2) is 60.7 Å². The molecule has 0 spiro atoms. The smallest absolute Gasteiger partial charge is 0.0376 e. The highest BCUT2D eigenvalue weighted by molar-refractivity contribution is 5.55. The summed E-state index contributed by atoms with van der Waals surface area (Å²) in [5.41, 5.74) is 11.7. The van der Waals surface area contributed by atoms with E-state index < -0.39 is 0 Å². The van der Waals surface area contributed by atoms with Crippen molar-refractivity contribution in [3.8, 4) is 0 Å². The summed E-state index contributed by atoms with van der Waals surface area (Å²) in [5.74, 6) is 0. The van der Waals surface area contributed by atoms with Crippen LogP contribution in [0.1, 0.15) is 58.7 Å². The monoisotopic (exact) mass is 437 g/mol. The van der Waals surface area contributed by atoms with Crippen molar-refractivity contribution in [2.45, 2.75) is 57.5 Å². The summed E-state index contributed by atoms with van der Waals surface area (Å²) in [6.45, 7) is 4.26. The summed E-state index contributed by atoms with van der Waals surface area (Å²) in [4.78, 5) is 2.58. The van der Waals surface area contributed by atoms with E-state index >= 15 is 0 Å². The average Bonchev–Trinajstić information content (AvgIpc) is 3.31. The molecule has 3 aliphatic heterocycles. The zero-order valence-electron chi connectivity index (χ0n) is 19.6. The molecule has 2 N–H and O–H groups in total. The number of aryl methyl sites for hydroxylation is 2. The number of nitrogens with zero attached hydrogens (tertiary/aromatic N) is 1. The summed E-state index contributed by atoms with van der Waals surface area (Å²) >= 11 is 0. The van der Waals surface area contributed by atoms with Gasteiger partial charge in [-0.25, -0.2) is 0 Å². The fourth-order valence-electron chi connectivity index (χ4n) is 5.92. The van der Waals surface area contributed by atoms with Crippen molar-refractivity contribution in [3.63, 3.8) is 0 Å². The van der Waals surface area contributed by atoms with E-state index in [9.17, 15) is 0 Å². The summed E-state index contributed by atoms with van der Waals surface area (Å²) in [7, 11) is 0. The highest BCUT2D eigenvalue weighted by Crippen LogP contribution is 2.31. The molecule has 170 valence electrons. The van der Waals surface area contributed by atoms with Gasteiger partial charge in [0.2, 0.25) is 0 Å². The molecule has 0 saturated heterocycles. The van der Waals surface area contributed by atoms with Crippen molar-refractivity contribution in [2.75, 3.05) is 29.9 Å². The van der Waals surface area contributed by atoms with Gasteiger partial charge < -0.3 is 15.5 Å². The van der Waals surface area contributed by atoms with E-state index in [1.54, 1.807) is 0 Å². The molecular formula is C30H35N3. The van der Waals surface area contributed by atoms with Gasteiger partial charge in [-0.3, -0.25) is 0 Å². The summed E-state index contributed by atoms with van der Waals surface area (Å²) < 4.78 is 0. The molecule has 0 saturated carbocycles. The third-order valence-electron chi connectivity index (χ3n) is 7.94. The van der Waals surface area contributed by atoms with Crippen LogP contribution in [-0.2, 0) is 32.2 Å². The first-order valence-electron chi connectivity index (χ1n) is 12.9. The van der Waals surface area contributed by atoms with Gasteiger partial charge in [0.25, 0.3) is 0 Å². The van der Waals surface area contributed by atoms with Crippen molar-refractivity contribution in [2.24, 2.45) is 0 Å². The van der Waals surface area contributed by atoms with E-state index in [0.717, 1.165) is 51.9 Å². The van der Waals surface area contributed by atoms with Gasteiger partial charge in [0.15, 0.2) is 0 Å². The van der Waals surface area contributed by atoms with Gasteiger partial charge in [0.05, 0.1) is 0 Å². The van der Waals surface area contributed by atoms with Crippen LogP contribution in [0.3, 0.4) is 0 Å². The molecule has 0 fully saturated rings. The highest BCUT2D eigenvalue weighted by atomic mass is 15.1. The molecular weight excluding hydrogens is 402 g/mol. The van der Waals surface area contributed by atoms with Gasteiger partial charge in [0.1, 0.15) is 0 Å². The van der Waals surface area contributed by atoms with E-state index in [2.05, 4.69) is 76.2 Å². The Morgan fingerprint density at radius 2 is 1.48 bits per heavy atom. The van der Waals surface area contributed by atoms with E-state index in [4.69, 9.17) is 0 Å². The van der Waals surface area contributed by atoms with Crippen LogP contribution in [-0.4, -0.2) is 19.6 Å². The number of hydrogen-bond donors (Lipinski definition) is 2. The maximum absolute atomic E-state index is 3.89. The lowest BCUT2D eigenvalue weighted by atomic mass is 9.96. The molecule has 33 heavy (non-hydrogen) atoms. The number of rotatable bonds is 2. The van der Waals surface area contributed by atoms with E-state index in [1.165, 1.54) is 64.0 Å². The molecule has 0 amide bonds. The van der Waals surface area contributed by atoms with Gasteiger partial charge in [-0.15, -0.1) is 0 Å². The van der Waals surface area contributed by atoms with Crippen LogP contribution >= 0.6 is 0 Å². The fraction of sp³-hybridized carbons (Fsp3) is 0.400. The van der Waals surface area contributed by atoms with Crippen LogP contribution in [0.25, 0.3) is 0 Å². The predicted octanol–water partition coefficient (Wildman–Crippen LogP) is 5.82. The minimum atomic E-state index is 0.420. The van der Waals surface area contributed by atoms with Gasteiger partial charge in [-0.2, -0.15) is 0 Å². The molecule has 1 unspecified atom stereocenters. The molecule has 3 aromatic rings. The lowest BCUT2D eigenvalue weighted by Gasteiger charge is -2.24. The van der Waals surface area contributed by atoms with Crippen molar-refractivity contribution < 1.29 is 0 Å². The van der Waals surface area contributed by atoms with Crippen LogP contribution < -0.4 is 15.5 Å². The van der Waals surface area contributed by atoms with Crippen LogP contribution in [0.5, 0.6) is 0 Å². The molecule has 3 heteroatoms. The Kier molecular flexibility index (Phi) is 5.82. The average molecular weight is 438 g/mol. The molecule has 6 rings (SSSR count). The first-order valence-corrected chi connectivity index (χ1v) is 12.9. The van der Waals surface area contributed by atoms with Crippen molar-refractivity contribution >= 4 is 11.4 Å². The zero-order chi connectivity index (χ0) is 22.0. The molecule has 3 aliphatic rings. The number of hydrogen-bond acceptors (Lipinski definition) is 3. The van der Waals surface area contributed by atoms with Crippen molar-refractivity contribution in [3.05, 3.63) is 94.0 Å². The Morgan fingerprint density at radius 3 is 2.33 bits per heavy atom.